The van der Waals surface area contributed by atoms with E-state index in [-0.39, 0.29) is 24.8 Å². The van der Waals surface area contributed by atoms with Crippen LogP contribution in [0.15, 0.2) is 53.9 Å². The highest BCUT2D eigenvalue weighted by Crippen LogP contribution is 2.18. The second-order valence-corrected chi connectivity index (χ2v) is 7.40. The Labute approximate surface area is 175 Å². The van der Waals surface area contributed by atoms with Crippen molar-refractivity contribution in [2.24, 2.45) is 0 Å². The van der Waals surface area contributed by atoms with Crippen LogP contribution in [-0.4, -0.2) is 23.4 Å². The Morgan fingerprint density at radius 2 is 1.57 bits per heavy atom. The summed E-state index contributed by atoms with van der Waals surface area (Å²) in [7, 11) is 0. The molecule has 144 valence electrons. The predicted octanol–water partition coefficient (Wildman–Crippen LogP) is 4.65. The number of nitrogens with one attached hydrogen (secondary N) is 2. The minimum absolute atomic E-state index is 0.0935. The molecule has 0 atom stereocenters. The fourth-order valence-corrected chi connectivity index (χ4v) is 3.16. The molecule has 6 nitrogen and oxygen atoms in total. The van der Waals surface area contributed by atoms with E-state index in [0.717, 1.165) is 0 Å². The first kappa shape index (κ1) is 20.1. The number of thiazole rings is 1. The number of nitrogens with zero attached hydrogens (tertiary/aromatic N) is 1. The van der Waals surface area contributed by atoms with Crippen LogP contribution < -0.4 is 15.4 Å². The maximum Gasteiger partial charge on any atom is 0.264 e. The Balaban J connectivity index is 1.46. The SMILES string of the molecule is O=C(Cc1csc(NC(=O)COc2ccc(Cl)cc2)n1)Nc1ccc(Cl)cc1. The van der Waals surface area contributed by atoms with E-state index < -0.39 is 0 Å². The van der Waals surface area contributed by atoms with Crippen molar-refractivity contribution in [2.75, 3.05) is 17.2 Å². The van der Waals surface area contributed by atoms with Crippen molar-refractivity contribution >= 4 is 57.2 Å². The first-order chi connectivity index (χ1) is 13.5. The number of halogens is 2. The van der Waals surface area contributed by atoms with Gasteiger partial charge in [-0.1, -0.05) is 23.2 Å². The highest BCUT2D eigenvalue weighted by molar-refractivity contribution is 7.13. The fourth-order valence-electron chi connectivity index (χ4n) is 2.18. The van der Waals surface area contributed by atoms with Crippen LogP contribution in [0.25, 0.3) is 0 Å². The van der Waals surface area contributed by atoms with Crippen molar-refractivity contribution in [2.45, 2.75) is 6.42 Å². The minimum Gasteiger partial charge on any atom is -0.484 e. The standard InChI is InChI=1S/C19H15Cl2N3O3S/c20-12-1-5-14(6-2-12)22-17(25)9-15-11-28-19(23-15)24-18(26)10-27-16-7-3-13(21)4-8-16/h1-8,11H,9-10H2,(H,22,25)(H,23,24,26). The van der Waals surface area contributed by atoms with Gasteiger partial charge in [0.15, 0.2) is 11.7 Å². The summed E-state index contributed by atoms with van der Waals surface area (Å²) >= 11 is 12.8. The average molecular weight is 436 g/mol. The maximum absolute atomic E-state index is 12.1. The molecule has 3 rings (SSSR count). The molecule has 1 heterocycles. The molecule has 0 saturated carbocycles. The summed E-state index contributed by atoms with van der Waals surface area (Å²) in [5, 5.41) is 8.71. The van der Waals surface area contributed by atoms with Gasteiger partial charge in [-0.2, -0.15) is 0 Å². The van der Waals surface area contributed by atoms with Gasteiger partial charge >= 0.3 is 0 Å². The minimum atomic E-state index is -0.346. The number of anilines is 2. The predicted molar refractivity (Wildman–Crippen MR) is 111 cm³/mol. The van der Waals surface area contributed by atoms with E-state index in [1.54, 1.807) is 53.9 Å². The summed E-state index contributed by atoms with van der Waals surface area (Å²) in [6, 6.07) is 13.5. The van der Waals surface area contributed by atoms with E-state index in [9.17, 15) is 9.59 Å². The second-order valence-electron chi connectivity index (χ2n) is 5.67. The van der Waals surface area contributed by atoms with Crippen molar-refractivity contribution in [1.82, 2.24) is 4.98 Å². The molecule has 0 aliphatic heterocycles. The summed E-state index contributed by atoms with van der Waals surface area (Å²) in [5.74, 6) is -0.0173. The molecule has 9 heteroatoms. The number of hydrogen-bond donors (Lipinski definition) is 2. The number of amides is 2. The largest absolute Gasteiger partial charge is 0.484 e. The topological polar surface area (TPSA) is 80.3 Å². The van der Waals surface area contributed by atoms with Gasteiger partial charge in [-0.25, -0.2) is 4.98 Å². The summed E-state index contributed by atoms with van der Waals surface area (Å²) in [6.07, 6.45) is 0.0935. The lowest BCUT2D eigenvalue weighted by Crippen LogP contribution is -2.20. The molecule has 0 spiro atoms. The van der Waals surface area contributed by atoms with Crippen molar-refractivity contribution < 1.29 is 14.3 Å². The van der Waals surface area contributed by atoms with Crippen LogP contribution in [0.5, 0.6) is 5.75 Å². The highest BCUT2D eigenvalue weighted by atomic mass is 35.5. The van der Waals surface area contributed by atoms with E-state index in [1.165, 1.54) is 11.3 Å². The van der Waals surface area contributed by atoms with Crippen molar-refractivity contribution in [3.63, 3.8) is 0 Å². The van der Waals surface area contributed by atoms with Crippen molar-refractivity contribution in [1.29, 1.82) is 0 Å². The normalized spacial score (nSPS) is 10.4. The molecule has 0 saturated heterocycles. The van der Waals surface area contributed by atoms with Gasteiger partial charge in [-0.15, -0.1) is 11.3 Å². The smallest absolute Gasteiger partial charge is 0.264 e. The lowest BCUT2D eigenvalue weighted by molar-refractivity contribution is -0.118. The molecule has 28 heavy (non-hydrogen) atoms. The van der Waals surface area contributed by atoms with Crippen LogP contribution in [0.4, 0.5) is 10.8 Å². The van der Waals surface area contributed by atoms with Gasteiger partial charge in [0.05, 0.1) is 12.1 Å². The van der Waals surface area contributed by atoms with Crippen LogP contribution in [0.3, 0.4) is 0 Å². The Bertz CT molecular complexity index is 959. The molecular weight excluding hydrogens is 421 g/mol. The van der Waals surface area contributed by atoms with Gasteiger partial charge in [0, 0.05) is 21.1 Å². The molecule has 2 amide bonds. The number of ether oxygens (including phenoxy) is 1. The number of carbonyl (C=O) groups excluding carboxylic acids is 2. The zero-order valence-corrected chi connectivity index (χ0v) is 16.8. The Morgan fingerprint density at radius 3 is 2.25 bits per heavy atom. The first-order valence-corrected chi connectivity index (χ1v) is 9.79. The van der Waals surface area contributed by atoms with Crippen molar-refractivity contribution in [3.8, 4) is 5.75 Å². The third kappa shape index (κ3) is 6.23. The van der Waals surface area contributed by atoms with Crippen LogP contribution in [0, 0.1) is 0 Å². The third-order valence-electron chi connectivity index (χ3n) is 3.45. The molecule has 0 unspecified atom stereocenters. The first-order valence-electron chi connectivity index (χ1n) is 8.16. The zero-order chi connectivity index (χ0) is 19.9. The number of rotatable bonds is 7. The van der Waals surface area contributed by atoms with E-state index in [1.807, 2.05) is 0 Å². The van der Waals surface area contributed by atoms with Gasteiger partial charge in [-0.05, 0) is 48.5 Å². The van der Waals surface area contributed by atoms with Gasteiger partial charge in [0.25, 0.3) is 5.91 Å². The monoisotopic (exact) mass is 435 g/mol. The molecule has 0 fully saturated rings. The number of hydrogen-bond acceptors (Lipinski definition) is 5. The van der Waals surface area contributed by atoms with E-state index in [4.69, 9.17) is 27.9 Å². The van der Waals surface area contributed by atoms with Gasteiger partial charge in [0.1, 0.15) is 5.75 Å². The summed E-state index contributed by atoms with van der Waals surface area (Å²) < 4.78 is 5.37. The third-order valence-corrected chi connectivity index (χ3v) is 4.76. The lowest BCUT2D eigenvalue weighted by atomic mass is 10.3. The molecule has 2 aromatic carbocycles. The molecular formula is C19H15Cl2N3O3S. The number of benzene rings is 2. The Morgan fingerprint density at radius 1 is 0.929 bits per heavy atom. The molecule has 0 aliphatic carbocycles. The van der Waals surface area contributed by atoms with Gasteiger partial charge in [-0.3, -0.25) is 14.9 Å². The van der Waals surface area contributed by atoms with Crippen molar-refractivity contribution in [3.05, 3.63) is 69.7 Å². The van der Waals surface area contributed by atoms with Crippen LogP contribution in [0.1, 0.15) is 5.69 Å². The molecule has 1 aromatic heterocycles. The zero-order valence-electron chi connectivity index (χ0n) is 14.4. The molecule has 3 aromatic rings. The van der Waals surface area contributed by atoms with E-state index in [0.29, 0.717) is 32.3 Å². The van der Waals surface area contributed by atoms with E-state index in [2.05, 4.69) is 15.6 Å². The molecule has 2 N–H and O–H groups in total. The fraction of sp³-hybridized carbons (Fsp3) is 0.105. The van der Waals surface area contributed by atoms with Crippen LogP contribution in [0.2, 0.25) is 10.0 Å². The van der Waals surface area contributed by atoms with Crippen LogP contribution >= 0.6 is 34.5 Å². The quantitative estimate of drug-likeness (QED) is 0.565. The number of aromatic nitrogens is 1. The summed E-state index contributed by atoms with van der Waals surface area (Å²) in [6.45, 7) is -0.159. The number of carbonyl (C=O) groups is 2. The molecule has 0 aliphatic rings. The van der Waals surface area contributed by atoms with E-state index >= 15 is 0 Å². The second kappa shape index (κ2) is 9.54. The molecule has 0 bridgehead atoms. The highest BCUT2D eigenvalue weighted by Gasteiger charge is 2.11. The summed E-state index contributed by atoms with van der Waals surface area (Å²) in [4.78, 5) is 28.3. The average Bonchev–Trinajstić information content (AvgIpc) is 3.09. The van der Waals surface area contributed by atoms with Gasteiger partial charge < -0.3 is 10.1 Å². The lowest BCUT2D eigenvalue weighted by Gasteiger charge is -2.05. The Hall–Kier alpha value is -2.61. The summed E-state index contributed by atoms with van der Waals surface area (Å²) in [5.41, 5.74) is 1.21. The molecule has 0 radical (unpaired) electrons. The Kier molecular flexibility index (Phi) is 6.86. The van der Waals surface area contributed by atoms with Crippen LogP contribution in [-0.2, 0) is 16.0 Å². The maximum atomic E-state index is 12.1. The van der Waals surface area contributed by atoms with Gasteiger partial charge in [0.2, 0.25) is 5.91 Å².